The minimum absolute atomic E-state index is 0.602. The molecule has 0 unspecified atom stereocenters. The summed E-state index contributed by atoms with van der Waals surface area (Å²) in [5.74, 6) is -0.954. The van der Waals surface area contributed by atoms with Crippen LogP contribution in [0, 0.1) is 0 Å². The second kappa shape index (κ2) is 5.44. The summed E-state index contributed by atoms with van der Waals surface area (Å²) >= 11 is 3.40. The number of carboxylic acid groups (broad SMARTS) is 1. The van der Waals surface area contributed by atoms with Gasteiger partial charge in [0.25, 0.3) is 0 Å². The Labute approximate surface area is 90.6 Å². The van der Waals surface area contributed by atoms with Crippen LogP contribution in [-0.2, 0) is 11.3 Å². The number of aliphatic carboxylic acids is 1. The quantitative estimate of drug-likeness (QED) is 0.811. The topological polar surface area (TPSA) is 49.3 Å². The third kappa shape index (κ3) is 3.62. The van der Waals surface area contributed by atoms with E-state index in [-0.39, 0.29) is 0 Å². The lowest BCUT2D eigenvalue weighted by Crippen LogP contribution is -2.05. The van der Waals surface area contributed by atoms with Crippen LogP contribution in [0.25, 0.3) is 0 Å². The molecule has 1 aromatic carbocycles. The van der Waals surface area contributed by atoms with Gasteiger partial charge in [-0.15, -0.1) is 0 Å². The van der Waals surface area contributed by atoms with Crippen molar-refractivity contribution in [3.63, 3.8) is 0 Å². The average molecular weight is 256 g/mol. The van der Waals surface area contributed by atoms with Gasteiger partial charge in [-0.3, -0.25) is 0 Å². The van der Waals surface area contributed by atoms with E-state index in [1.165, 1.54) is 6.20 Å². The highest BCUT2D eigenvalue weighted by Crippen LogP contribution is 2.14. The smallest absolute Gasteiger partial charge is 0.329 e. The van der Waals surface area contributed by atoms with Gasteiger partial charge in [-0.2, -0.15) is 0 Å². The third-order valence-corrected chi connectivity index (χ3v) is 2.37. The number of hydrogen-bond donors (Lipinski definition) is 2. The first-order chi connectivity index (χ1) is 6.70. The Bertz CT molecular complexity index is 350. The van der Waals surface area contributed by atoms with Crippen LogP contribution in [0.4, 0.5) is 0 Å². The molecule has 4 heteroatoms. The molecule has 0 bridgehead atoms. The molecular weight excluding hydrogens is 246 g/mol. The Morgan fingerprint density at radius 2 is 2.21 bits per heavy atom. The summed E-state index contributed by atoms with van der Waals surface area (Å²) in [6.07, 6.45) is 2.48. The minimum Gasteiger partial charge on any atom is -0.478 e. The highest BCUT2D eigenvalue weighted by atomic mass is 79.9. The monoisotopic (exact) mass is 255 g/mol. The number of benzene rings is 1. The standard InChI is InChI=1S/C10H10BrNO2/c11-9-4-2-1-3-8(9)7-12-6-5-10(13)14/h1-6,12H,7H2,(H,13,14)/b6-5+. The molecular formula is C10H10BrNO2. The summed E-state index contributed by atoms with van der Waals surface area (Å²) < 4.78 is 1.01. The molecule has 0 saturated carbocycles. The Morgan fingerprint density at radius 3 is 2.86 bits per heavy atom. The number of halogens is 1. The fraction of sp³-hybridized carbons (Fsp3) is 0.100. The van der Waals surface area contributed by atoms with Gasteiger partial charge in [0.05, 0.1) is 0 Å². The first kappa shape index (κ1) is 10.8. The second-order valence-corrected chi connectivity index (χ2v) is 3.50. The van der Waals surface area contributed by atoms with Crippen molar-refractivity contribution in [2.45, 2.75) is 6.54 Å². The summed E-state index contributed by atoms with van der Waals surface area (Å²) in [6, 6.07) is 7.77. The summed E-state index contributed by atoms with van der Waals surface area (Å²) in [6.45, 7) is 0.602. The van der Waals surface area contributed by atoms with Gasteiger partial charge in [0.2, 0.25) is 0 Å². The van der Waals surface area contributed by atoms with Crippen LogP contribution in [0.2, 0.25) is 0 Å². The van der Waals surface area contributed by atoms with Gasteiger partial charge in [0.1, 0.15) is 0 Å². The molecule has 0 radical (unpaired) electrons. The molecule has 0 aliphatic rings. The summed E-state index contributed by atoms with van der Waals surface area (Å²) in [4.78, 5) is 10.1. The van der Waals surface area contributed by atoms with Crippen molar-refractivity contribution in [2.24, 2.45) is 0 Å². The van der Waals surface area contributed by atoms with Gasteiger partial charge >= 0.3 is 5.97 Å². The van der Waals surface area contributed by atoms with Crippen LogP contribution in [0.1, 0.15) is 5.56 Å². The second-order valence-electron chi connectivity index (χ2n) is 2.64. The van der Waals surface area contributed by atoms with E-state index < -0.39 is 5.97 Å². The van der Waals surface area contributed by atoms with E-state index in [4.69, 9.17) is 5.11 Å². The number of hydrogen-bond acceptors (Lipinski definition) is 2. The number of nitrogens with one attached hydrogen (secondary N) is 1. The fourth-order valence-corrected chi connectivity index (χ4v) is 1.37. The molecule has 0 heterocycles. The lowest BCUT2D eigenvalue weighted by atomic mass is 10.2. The first-order valence-electron chi connectivity index (χ1n) is 4.06. The Balaban J connectivity index is 2.46. The number of carboxylic acids is 1. The maximum absolute atomic E-state index is 10.1. The largest absolute Gasteiger partial charge is 0.478 e. The van der Waals surface area contributed by atoms with Crippen LogP contribution in [-0.4, -0.2) is 11.1 Å². The SMILES string of the molecule is O=C(O)/C=C/NCc1ccccc1Br. The molecule has 14 heavy (non-hydrogen) atoms. The zero-order chi connectivity index (χ0) is 10.4. The highest BCUT2D eigenvalue weighted by molar-refractivity contribution is 9.10. The lowest BCUT2D eigenvalue weighted by Gasteiger charge is -2.02. The molecule has 0 spiro atoms. The van der Waals surface area contributed by atoms with Gasteiger partial charge in [-0.25, -0.2) is 4.79 Å². The molecule has 2 N–H and O–H groups in total. The maximum Gasteiger partial charge on any atom is 0.329 e. The number of carbonyl (C=O) groups is 1. The van der Waals surface area contributed by atoms with E-state index in [0.29, 0.717) is 6.54 Å². The third-order valence-electron chi connectivity index (χ3n) is 1.59. The van der Waals surface area contributed by atoms with Crippen molar-refractivity contribution in [3.8, 4) is 0 Å². The molecule has 74 valence electrons. The van der Waals surface area contributed by atoms with Crippen LogP contribution in [0.3, 0.4) is 0 Å². The Hall–Kier alpha value is -1.29. The van der Waals surface area contributed by atoms with E-state index in [9.17, 15) is 4.79 Å². The van der Waals surface area contributed by atoms with Crippen molar-refractivity contribution >= 4 is 21.9 Å². The van der Waals surface area contributed by atoms with Crippen molar-refractivity contribution in [2.75, 3.05) is 0 Å². The first-order valence-corrected chi connectivity index (χ1v) is 4.85. The lowest BCUT2D eigenvalue weighted by molar-refractivity contribution is -0.131. The molecule has 1 rings (SSSR count). The minimum atomic E-state index is -0.954. The fourth-order valence-electron chi connectivity index (χ4n) is 0.941. The predicted molar refractivity (Wildman–Crippen MR) is 57.8 cm³/mol. The number of rotatable bonds is 4. The zero-order valence-corrected chi connectivity index (χ0v) is 8.99. The maximum atomic E-state index is 10.1. The van der Waals surface area contributed by atoms with E-state index in [1.807, 2.05) is 24.3 Å². The molecule has 0 fully saturated rings. The Kier molecular flexibility index (Phi) is 4.19. The molecule has 0 aliphatic carbocycles. The van der Waals surface area contributed by atoms with E-state index in [0.717, 1.165) is 16.1 Å². The Morgan fingerprint density at radius 1 is 1.50 bits per heavy atom. The zero-order valence-electron chi connectivity index (χ0n) is 7.40. The van der Waals surface area contributed by atoms with Gasteiger partial charge < -0.3 is 10.4 Å². The molecule has 0 saturated heterocycles. The summed E-state index contributed by atoms with van der Waals surface area (Å²) in [7, 11) is 0. The van der Waals surface area contributed by atoms with E-state index in [1.54, 1.807) is 0 Å². The molecule has 0 atom stereocenters. The van der Waals surface area contributed by atoms with Crippen molar-refractivity contribution in [3.05, 3.63) is 46.6 Å². The summed E-state index contributed by atoms with van der Waals surface area (Å²) in [5, 5.41) is 11.2. The van der Waals surface area contributed by atoms with Gasteiger partial charge in [0.15, 0.2) is 0 Å². The van der Waals surface area contributed by atoms with Gasteiger partial charge in [-0.1, -0.05) is 34.1 Å². The van der Waals surface area contributed by atoms with Crippen LogP contribution in [0.15, 0.2) is 41.0 Å². The molecule has 0 aromatic heterocycles. The molecule has 0 amide bonds. The normalized spacial score (nSPS) is 10.4. The summed E-state index contributed by atoms with van der Waals surface area (Å²) in [5.41, 5.74) is 1.09. The van der Waals surface area contributed by atoms with Crippen molar-refractivity contribution in [1.29, 1.82) is 0 Å². The van der Waals surface area contributed by atoms with Gasteiger partial charge in [0, 0.05) is 23.3 Å². The molecule has 1 aromatic rings. The van der Waals surface area contributed by atoms with E-state index >= 15 is 0 Å². The van der Waals surface area contributed by atoms with Crippen LogP contribution < -0.4 is 5.32 Å². The predicted octanol–water partition coefficient (Wildman–Crippen LogP) is 2.14. The van der Waals surface area contributed by atoms with E-state index in [2.05, 4.69) is 21.2 Å². The average Bonchev–Trinajstić information content (AvgIpc) is 2.15. The van der Waals surface area contributed by atoms with Crippen LogP contribution >= 0.6 is 15.9 Å². The van der Waals surface area contributed by atoms with Crippen LogP contribution in [0.5, 0.6) is 0 Å². The molecule has 0 aliphatic heterocycles. The highest BCUT2D eigenvalue weighted by Gasteiger charge is 1.95. The molecule has 3 nitrogen and oxygen atoms in total. The van der Waals surface area contributed by atoms with Crippen molar-refractivity contribution < 1.29 is 9.90 Å². The van der Waals surface area contributed by atoms with Gasteiger partial charge in [-0.05, 0) is 11.6 Å². The van der Waals surface area contributed by atoms with Crippen molar-refractivity contribution in [1.82, 2.24) is 5.32 Å².